The van der Waals surface area contributed by atoms with E-state index in [1.54, 1.807) is 11.1 Å². The van der Waals surface area contributed by atoms with Crippen LogP contribution in [0.15, 0.2) is 29.3 Å². The summed E-state index contributed by atoms with van der Waals surface area (Å²) in [5, 5.41) is 0. The minimum absolute atomic E-state index is 0.0855. The van der Waals surface area contributed by atoms with Gasteiger partial charge < -0.3 is 9.64 Å². The number of halogens is 2. The molecule has 0 saturated carbocycles. The number of hydrogen-bond donors (Lipinski definition) is 0. The fourth-order valence-corrected chi connectivity index (χ4v) is 5.37. The Morgan fingerprint density at radius 1 is 1.29 bits per heavy atom. The summed E-state index contributed by atoms with van der Waals surface area (Å²) in [5.74, 6) is -1.25. The van der Waals surface area contributed by atoms with Crippen molar-refractivity contribution in [3.05, 3.63) is 47.3 Å². The second-order valence-corrected chi connectivity index (χ2v) is 9.28. The minimum Gasteiger partial charge on any atom is -0.376 e. The highest BCUT2D eigenvalue weighted by molar-refractivity contribution is 7.89. The monoisotopic (exact) mass is 410 g/mol. The zero-order chi connectivity index (χ0) is 20.1. The van der Waals surface area contributed by atoms with Gasteiger partial charge in [-0.1, -0.05) is 0 Å². The van der Waals surface area contributed by atoms with Crippen LogP contribution in [0, 0.1) is 11.6 Å². The smallest absolute Gasteiger partial charge is 0.246 e. The van der Waals surface area contributed by atoms with Crippen molar-refractivity contribution >= 4 is 16.0 Å². The molecule has 1 aromatic heterocycles. The molecule has 0 bridgehead atoms. The lowest BCUT2D eigenvalue weighted by Gasteiger charge is -2.34. The van der Waals surface area contributed by atoms with E-state index in [-0.39, 0.29) is 13.1 Å². The minimum atomic E-state index is -4.19. The van der Waals surface area contributed by atoms with E-state index in [0.29, 0.717) is 31.6 Å². The van der Waals surface area contributed by atoms with E-state index in [1.807, 2.05) is 14.1 Å². The summed E-state index contributed by atoms with van der Waals surface area (Å²) in [4.78, 5) is 10.1. The molecule has 0 amide bonds. The number of fused-ring (bicyclic) bond motifs is 2. The zero-order valence-electron chi connectivity index (χ0n) is 15.5. The first-order valence-corrected chi connectivity index (χ1v) is 10.2. The van der Waals surface area contributed by atoms with Gasteiger partial charge in [0.2, 0.25) is 16.0 Å². The van der Waals surface area contributed by atoms with E-state index in [0.717, 1.165) is 23.4 Å². The van der Waals surface area contributed by atoms with E-state index in [2.05, 4.69) is 9.97 Å². The molecule has 3 heterocycles. The third-order valence-electron chi connectivity index (χ3n) is 5.22. The number of sulfonamides is 1. The van der Waals surface area contributed by atoms with Crippen molar-refractivity contribution in [2.45, 2.75) is 23.3 Å². The fraction of sp³-hybridized carbons (Fsp3) is 0.444. The summed E-state index contributed by atoms with van der Waals surface area (Å²) >= 11 is 0. The first-order chi connectivity index (χ1) is 13.2. The molecule has 2 aromatic rings. The topological polar surface area (TPSA) is 75.6 Å². The Bertz CT molecular complexity index is 1030. The molecule has 1 saturated heterocycles. The van der Waals surface area contributed by atoms with Crippen LogP contribution in [-0.4, -0.2) is 56.5 Å². The van der Waals surface area contributed by atoms with Crippen LogP contribution in [-0.2, 0) is 26.8 Å². The number of benzene rings is 1. The summed E-state index contributed by atoms with van der Waals surface area (Å²) in [5.41, 5.74) is 0.931. The average Bonchev–Trinajstić information content (AvgIpc) is 3.09. The van der Waals surface area contributed by atoms with Gasteiger partial charge in [-0.2, -0.15) is 4.31 Å². The van der Waals surface area contributed by atoms with E-state index < -0.39 is 32.0 Å². The van der Waals surface area contributed by atoms with Crippen LogP contribution in [0.25, 0.3) is 0 Å². The van der Waals surface area contributed by atoms with Gasteiger partial charge in [0.05, 0.1) is 24.3 Å². The maximum absolute atomic E-state index is 14.1. The van der Waals surface area contributed by atoms with Crippen LogP contribution in [0.3, 0.4) is 0 Å². The largest absolute Gasteiger partial charge is 0.376 e. The summed E-state index contributed by atoms with van der Waals surface area (Å²) in [6.07, 6.45) is 2.17. The number of hydrogen-bond acceptors (Lipinski definition) is 6. The maximum atomic E-state index is 14.1. The Morgan fingerprint density at radius 2 is 2.07 bits per heavy atom. The molecule has 4 rings (SSSR count). The molecule has 1 fully saturated rings. The van der Waals surface area contributed by atoms with Crippen molar-refractivity contribution < 1.29 is 21.9 Å². The van der Waals surface area contributed by atoms with Crippen molar-refractivity contribution in [3.63, 3.8) is 0 Å². The maximum Gasteiger partial charge on any atom is 0.246 e. The molecule has 2 aliphatic heterocycles. The van der Waals surface area contributed by atoms with Crippen LogP contribution in [0.5, 0.6) is 0 Å². The predicted molar refractivity (Wildman–Crippen MR) is 97.4 cm³/mol. The van der Waals surface area contributed by atoms with Gasteiger partial charge >= 0.3 is 0 Å². The fourth-order valence-electron chi connectivity index (χ4n) is 3.77. The van der Waals surface area contributed by atoms with Crippen LogP contribution >= 0.6 is 0 Å². The lowest BCUT2D eigenvalue weighted by Crippen LogP contribution is -2.42. The SMILES string of the molecule is CN(C)c1ncc2c(n1)C1(CCN(S(=O)(=O)c3cc(F)ccc3F)C1)COC2. The van der Waals surface area contributed by atoms with Gasteiger partial charge in [-0.15, -0.1) is 0 Å². The third-order valence-corrected chi connectivity index (χ3v) is 7.08. The van der Waals surface area contributed by atoms with Gasteiger partial charge in [0.1, 0.15) is 16.5 Å². The van der Waals surface area contributed by atoms with Crippen molar-refractivity contribution in [2.24, 2.45) is 0 Å². The average molecular weight is 410 g/mol. The molecule has 0 radical (unpaired) electrons. The summed E-state index contributed by atoms with van der Waals surface area (Å²) < 4.78 is 60.4. The number of aromatic nitrogens is 2. The Morgan fingerprint density at radius 3 is 2.82 bits per heavy atom. The van der Waals surface area contributed by atoms with Crippen molar-refractivity contribution in [1.82, 2.24) is 14.3 Å². The van der Waals surface area contributed by atoms with Gasteiger partial charge in [-0.05, 0) is 24.6 Å². The number of rotatable bonds is 3. The third kappa shape index (κ3) is 3.05. The Kier molecular flexibility index (Phi) is 4.59. The number of nitrogens with zero attached hydrogens (tertiary/aromatic N) is 4. The van der Waals surface area contributed by atoms with Crippen molar-refractivity contribution in [2.75, 3.05) is 38.7 Å². The highest BCUT2D eigenvalue weighted by Gasteiger charge is 2.48. The molecule has 1 atom stereocenters. The summed E-state index contributed by atoms with van der Waals surface area (Å²) in [7, 11) is -0.537. The molecule has 1 aromatic carbocycles. The van der Waals surface area contributed by atoms with E-state index in [9.17, 15) is 17.2 Å². The van der Waals surface area contributed by atoms with Crippen LogP contribution in [0.2, 0.25) is 0 Å². The zero-order valence-corrected chi connectivity index (χ0v) is 16.3. The molecule has 1 unspecified atom stereocenters. The lowest BCUT2D eigenvalue weighted by molar-refractivity contribution is 0.0531. The normalized spacial score (nSPS) is 22.4. The van der Waals surface area contributed by atoms with Crippen LogP contribution < -0.4 is 4.90 Å². The molecule has 10 heteroatoms. The van der Waals surface area contributed by atoms with E-state index >= 15 is 0 Å². The molecule has 7 nitrogen and oxygen atoms in total. The Labute approximate surface area is 162 Å². The second kappa shape index (κ2) is 6.71. The standard InChI is InChI=1S/C18H20F2N4O3S/c1-23(2)17-21-8-12-9-27-11-18(16(12)22-17)5-6-24(10-18)28(25,26)15-7-13(19)3-4-14(15)20/h3-4,7-8H,5-6,9-11H2,1-2H3. The molecule has 0 N–H and O–H groups in total. The summed E-state index contributed by atoms with van der Waals surface area (Å²) in [6, 6.07) is 2.43. The second-order valence-electron chi connectivity index (χ2n) is 7.37. The first-order valence-electron chi connectivity index (χ1n) is 8.80. The van der Waals surface area contributed by atoms with Gasteiger partial charge in [0.25, 0.3) is 0 Å². The van der Waals surface area contributed by atoms with Crippen LogP contribution in [0.1, 0.15) is 17.7 Å². The van der Waals surface area contributed by atoms with Gasteiger partial charge in [-0.3, -0.25) is 0 Å². The van der Waals surface area contributed by atoms with Gasteiger partial charge in [-0.25, -0.2) is 27.2 Å². The van der Waals surface area contributed by atoms with E-state index in [4.69, 9.17) is 4.74 Å². The summed E-state index contributed by atoms with van der Waals surface area (Å²) in [6.45, 7) is 0.919. The predicted octanol–water partition coefficient (Wildman–Crippen LogP) is 1.68. The molecule has 150 valence electrons. The Hall–Kier alpha value is -2.17. The highest BCUT2D eigenvalue weighted by atomic mass is 32.2. The quantitative estimate of drug-likeness (QED) is 0.767. The highest BCUT2D eigenvalue weighted by Crippen LogP contribution is 2.41. The first kappa shape index (κ1) is 19.2. The number of anilines is 1. The van der Waals surface area contributed by atoms with Crippen molar-refractivity contribution in [1.29, 1.82) is 0 Å². The van der Waals surface area contributed by atoms with Gasteiger partial charge in [0, 0.05) is 38.9 Å². The van der Waals surface area contributed by atoms with Crippen molar-refractivity contribution in [3.8, 4) is 0 Å². The Balaban J connectivity index is 1.72. The molecular weight excluding hydrogens is 390 g/mol. The molecular formula is C18H20F2N4O3S. The number of ether oxygens (including phenoxy) is 1. The molecule has 0 aliphatic carbocycles. The van der Waals surface area contributed by atoms with Gasteiger partial charge in [0.15, 0.2) is 0 Å². The van der Waals surface area contributed by atoms with Crippen LogP contribution in [0.4, 0.5) is 14.7 Å². The molecule has 28 heavy (non-hydrogen) atoms. The van der Waals surface area contributed by atoms with E-state index in [1.165, 1.54) is 4.31 Å². The molecule has 1 spiro atoms. The lowest BCUT2D eigenvalue weighted by atomic mass is 9.81. The molecule has 2 aliphatic rings.